The van der Waals surface area contributed by atoms with Gasteiger partial charge in [-0.05, 0) is 17.7 Å². The van der Waals surface area contributed by atoms with E-state index in [1.165, 1.54) is 0 Å². The van der Waals surface area contributed by atoms with Gasteiger partial charge < -0.3 is 14.8 Å². The third-order valence-electron chi connectivity index (χ3n) is 2.56. The highest BCUT2D eigenvalue weighted by molar-refractivity contribution is 9.10. The number of hydrogen-bond acceptors (Lipinski definition) is 5. The van der Waals surface area contributed by atoms with E-state index in [2.05, 4.69) is 26.2 Å². The summed E-state index contributed by atoms with van der Waals surface area (Å²) in [7, 11) is 3.28. The highest BCUT2D eigenvalue weighted by Gasteiger charge is 2.12. The van der Waals surface area contributed by atoms with Crippen LogP contribution in [0, 0.1) is 0 Å². The van der Waals surface area contributed by atoms with Crippen molar-refractivity contribution < 1.29 is 9.47 Å². The second-order valence-electron chi connectivity index (χ2n) is 3.70. The molecule has 0 aromatic heterocycles. The third kappa shape index (κ3) is 3.11. The van der Waals surface area contributed by atoms with Crippen LogP contribution in [0.25, 0.3) is 0 Å². The average Bonchev–Trinajstić information content (AvgIpc) is 2.90. The molecule has 1 N–H and O–H groups in total. The Labute approximate surface area is 119 Å². The van der Waals surface area contributed by atoms with Crippen LogP contribution in [-0.2, 0) is 5.75 Å². The van der Waals surface area contributed by atoms with Gasteiger partial charge in [-0.3, -0.25) is 4.99 Å². The van der Waals surface area contributed by atoms with E-state index in [0.29, 0.717) is 0 Å². The lowest BCUT2D eigenvalue weighted by Crippen LogP contribution is -2.15. The Balaban J connectivity index is 2.11. The number of hydrogen-bond donors (Lipinski definition) is 1. The molecule has 1 aliphatic heterocycles. The third-order valence-corrected chi connectivity index (χ3v) is 4.30. The fourth-order valence-corrected chi connectivity index (χ4v) is 3.19. The van der Waals surface area contributed by atoms with Crippen LogP contribution in [0.4, 0.5) is 0 Å². The molecule has 0 saturated carbocycles. The van der Waals surface area contributed by atoms with E-state index in [1.54, 1.807) is 26.0 Å². The van der Waals surface area contributed by atoms with Gasteiger partial charge in [0.1, 0.15) is 0 Å². The molecule has 0 fully saturated rings. The molecular weight excluding hydrogens is 316 g/mol. The summed E-state index contributed by atoms with van der Waals surface area (Å²) in [5.74, 6) is 2.32. The van der Waals surface area contributed by atoms with Crippen LogP contribution in [0.5, 0.6) is 11.5 Å². The molecule has 0 amide bonds. The van der Waals surface area contributed by atoms with Crippen molar-refractivity contribution >= 4 is 32.9 Å². The number of methoxy groups -OCH3 is 2. The fraction of sp³-hybridized carbons (Fsp3) is 0.417. The molecule has 0 radical (unpaired) electrons. The summed E-state index contributed by atoms with van der Waals surface area (Å²) in [6.45, 7) is 1.81. The first-order chi connectivity index (χ1) is 8.74. The van der Waals surface area contributed by atoms with E-state index in [9.17, 15) is 0 Å². The molecule has 0 atom stereocenters. The Morgan fingerprint density at radius 1 is 1.33 bits per heavy atom. The standard InChI is InChI=1S/C12H15BrN2O2S/c1-16-10-5-8(9(13)6-11(10)17-2)7-18-12-14-3-4-15-12/h5-6H,3-4,7H2,1-2H3,(H,14,15). The van der Waals surface area contributed by atoms with Gasteiger partial charge in [0.25, 0.3) is 0 Å². The first kappa shape index (κ1) is 13.5. The summed E-state index contributed by atoms with van der Waals surface area (Å²) in [5, 5.41) is 4.25. The van der Waals surface area contributed by atoms with Crippen LogP contribution in [-0.4, -0.2) is 32.5 Å². The summed E-state index contributed by atoms with van der Waals surface area (Å²) < 4.78 is 11.6. The number of halogens is 1. The molecule has 6 heteroatoms. The number of nitrogens with one attached hydrogen (secondary N) is 1. The summed E-state index contributed by atoms with van der Waals surface area (Å²) in [6, 6.07) is 3.92. The lowest BCUT2D eigenvalue weighted by molar-refractivity contribution is 0.354. The lowest BCUT2D eigenvalue weighted by atomic mass is 10.2. The molecule has 18 heavy (non-hydrogen) atoms. The molecule has 2 rings (SSSR count). The number of aliphatic imine (C=N–C) groups is 1. The zero-order chi connectivity index (χ0) is 13.0. The minimum Gasteiger partial charge on any atom is -0.493 e. The van der Waals surface area contributed by atoms with Crippen LogP contribution < -0.4 is 14.8 Å². The number of nitrogens with zero attached hydrogens (tertiary/aromatic N) is 1. The Morgan fingerprint density at radius 3 is 2.67 bits per heavy atom. The first-order valence-electron chi connectivity index (χ1n) is 5.56. The van der Waals surface area contributed by atoms with Crippen molar-refractivity contribution in [3.63, 3.8) is 0 Å². The molecular formula is C12H15BrN2O2S. The van der Waals surface area contributed by atoms with Gasteiger partial charge in [0.05, 0.1) is 20.8 Å². The van der Waals surface area contributed by atoms with Crippen molar-refractivity contribution in [3.8, 4) is 11.5 Å². The Kier molecular flexibility index (Phi) is 4.77. The van der Waals surface area contributed by atoms with Crippen LogP contribution >= 0.6 is 27.7 Å². The Hall–Kier alpha value is -0.880. The first-order valence-corrected chi connectivity index (χ1v) is 7.34. The van der Waals surface area contributed by atoms with Crippen molar-refractivity contribution in [1.82, 2.24) is 5.32 Å². The zero-order valence-corrected chi connectivity index (χ0v) is 12.7. The largest absolute Gasteiger partial charge is 0.493 e. The predicted molar refractivity (Wildman–Crippen MR) is 78.8 cm³/mol. The molecule has 0 saturated heterocycles. The lowest BCUT2D eigenvalue weighted by Gasteiger charge is -2.11. The van der Waals surface area contributed by atoms with E-state index >= 15 is 0 Å². The van der Waals surface area contributed by atoms with Crippen molar-refractivity contribution in [3.05, 3.63) is 22.2 Å². The van der Waals surface area contributed by atoms with Crippen LogP contribution in [0.15, 0.2) is 21.6 Å². The van der Waals surface area contributed by atoms with Crippen molar-refractivity contribution in [2.45, 2.75) is 5.75 Å². The van der Waals surface area contributed by atoms with Gasteiger partial charge in [0.2, 0.25) is 0 Å². The van der Waals surface area contributed by atoms with E-state index in [1.807, 2.05) is 12.1 Å². The summed E-state index contributed by atoms with van der Waals surface area (Å²) in [6.07, 6.45) is 0. The molecule has 0 aliphatic carbocycles. The number of thioether (sulfide) groups is 1. The van der Waals surface area contributed by atoms with Crippen LogP contribution in [0.1, 0.15) is 5.56 Å². The van der Waals surface area contributed by atoms with Gasteiger partial charge in [0.15, 0.2) is 16.7 Å². The van der Waals surface area contributed by atoms with Crippen LogP contribution in [0.3, 0.4) is 0 Å². The molecule has 4 nitrogen and oxygen atoms in total. The highest BCUT2D eigenvalue weighted by atomic mass is 79.9. The Morgan fingerprint density at radius 2 is 2.06 bits per heavy atom. The van der Waals surface area contributed by atoms with Crippen molar-refractivity contribution in [1.29, 1.82) is 0 Å². The molecule has 1 aromatic carbocycles. The van der Waals surface area contributed by atoms with E-state index in [-0.39, 0.29) is 0 Å². The second-order valence-corrected chi connectivity index (χ2v) is 5.52. The number of ether oxygens (including phenoxy) is 2. The average molecular weight is 331 g/mol. The molecule has 0 spiro atoms. The second kappa shape index (κ2) is 6.33. The smallest absolute Gasteiger partial charge is 0.161 e. The molecule has 1 aliphatic rings. The Bertz CT molecular complexity index is 466. The summed E-state index contributed by atoms with van der Waals surface area (Å²) in [5.41, 5.74) is 1.16. The number of rotatable bonds is 4. The normalized spacial score (nSPS) is 14.1. The monoisotopic (exact) mass is 330 g/mol. The number of benzene rings is 1. The number of amidine groups is 1. The predicted octanol–water partition coefficient (Wildman–Crippen LogP) is 2.66. The topological polar surface area (TPSA) is 42.8 Å². The van der Waals surface area contributed by atoms with Gasteiger partial charge in [-0.15, -0.1) is 0 Å². The van der Waals surface area contributed by atoms with Gasteiger partial charge in [-0.25, -0.2) is 0 Å². The highest BCUT2D eigenvalue weighted by Crippen LogP contribution is 2.35. The van der Waals surface area contributed by atoms with E-state index < -0.39 is 0 Å². The van der Waals surface area contributed by atoms with Crippen LogP contribution in [0.2, 0.25) is 0 Å². The minimum atomic E-state index is 0.731. The molecule has 0 bridgehead atoms. The maximum absolute atomic E-state index is 5.30. The fourth-order valence-electron chi connectivity index (χ4n) is 1.63. The van der Waals surface area contributed by atoms with Gasteiger partial charge in [-0.2, -0.15) is 0 Å². The van der Waals surface area contributed by atoms with E-state index in [4.69, 9.17) is 9.47 Å². The van der Waals surface area contributed by atoms with Gasteiger partial charge in [0, 0.05) is 16.8 Å². The summed E-state index contributed by atoms with van der Waals surface area (Å²) in [4.78, 5) is 4.35. The molecule has 1 aromatic rings. The molecule has 0 unspecified atom stereocenters. The van der Waals surface area contributed by atoms with Gasteiger partial charge in [-0.1, -0.05) is 27.7 Å². The zero-order valence-electron chi connectivity index (χ0n) is 10.3. The molecule has 98 valence electrons. The summed E-state index contributed by atoms with van der Waals surface area (Å²) >= 11 is 5.25. The van der Waals surface area contributed by atoms with E-state index in [0.717, 1.165) is 45.5 Å². The van der Waals surface area contributed by atoms with Gasteiger partial charge >= 0.3 is 0 Å². The van der Waals surface area contributed by atoms with Crippen molar-refractivity contribution in [2.24, 2.45) is 4.99 Å². The minimum absolute atomic E-state index is 0.731. The SMILES string of the molecule is COc1cc(Br)c(CSC2=NCCN2)cc1OC. The quantitative estimate of drug-likeness (QED) is 0.921. The van der Waals surface area contributed by atoms with Crippen molar-refractivity contribution in [2.75, 3.05) is 27.3 Å². The maximum Gasteiger partial charge on any atom is 0.161 e. The maximum atomic E-state index is 5.30. The molecule has 1 heterocycles.